The van der Waals surface area contributed by atoms with Gasteiger partial charge in [0.2, 0.25) is 0 Å². The molecule has 0 spiro atoms. The highest BCUT2D eigenvalue weighted by Gasteiger charge is 2.09. The molecular formula is C19H13Br2N3O. The van der Waals surface area contributed by atoms with Crippen LogP contribution >= 0.6 is 31.9 Å². The van der Waals surface area contributed by atoms with Crippen LogP contribution in [0.1, 0.15) is 0 Å². The maximum Gasteiger partial charge on any atom is 0.259 e. The molecule has 0 fully saturated rings. The van der Waals surface area contributed by atoms with E-state index in [-0.39, 0.29) is 12.2 Å². The van der Waals surface area contributed by atoms with Crippen LogP contribution in [0.4, 0.5) is 0 Å². The molecule has 1 N–H and O–H groups in total. The van der Waals surface area contributed by atoms with Gasteiger partial charge in [-0.15, -0.1) is 0 Å². The Bertz CT molecular complexity index is 1140. The van der Waals surface area contributed by atoms with Crippen molar-refractivity contribution in [3.8, 4) is 0 Å². The monoisotopic (exact) mass is 457 g/mol. The molecule has 2 aromatic carbocycles. The summed E-state index contributed by atoms with van der Waals surface area (Å²) in [5.74, 6) is 0. The summed E-state index contributed by atoms with van der Waals surface area (Å²) < 4.78 is 5.13. The van der Waals surface area contributed by atoms with Gasteiger partial charge in [-0.25, -0.2) is 0 Å². The molecule has 124 valence electrons. The van der Waals surface area contributed by atoms with Crippen LogP contribution in [0.25, 0.3) is 21.5 Å². The Morgan fingerprint density at radius 1 is 0.760 bits per heavy atom. The normalized spacial score (nSPS) is 11.3. The van der Waals surface area contributed by atoms with E-state index in [1.165, 1.54) is 0 Å². The first-order valence-electron chi connectivity index (χ1n) is 7.66. The smallest absolute Gasteiger partial charge is 0.259 e. The van der Waals surface area contributed by atoms with E-state index in [9.17, 15) is 4.79 Å². The summed E-state index contributed by atoms with van der Waals surface area (Å²) in [5, 5.41) is 11.9. The molecular weight excluding hydrogens is 446 g/mol. The topological polar surface area (TPSA) is 50.8 Å². The zero-order chi connectivity index (χ0) is 17.6. The third kappa shape index (κ3) is 2.75. The Labute approximate surface area is 160 Å². The quantitative estimate of drug-likeness (QED) is 0.473. The Morgan fingerprint density at radius 3 is 1.88 bits per heavy atom. The molecule has 0 saturated heterocycles. The molecule has 0 aliphatic rings. The lowest BCUT2D eigenvalue weighted by Crippen LogP contribution is -2.29. The lowest BCUT2D eigenvalue weighted by molar-refractivity contribution is 0.566. The molecule has 0 bridgehead atoms. The van der Waals surface area contributed by atoms with Crippen molar-refractivity contribution in [1.29, 1.82) is 5.41 Å². The van der Waals surface area contributed by atoms with Crippen molar-refractivity contribution in [3.05, 3.63) is 85.7 Å². The van der Waals surface area contributed by atoms with Gasteiger partial charge in [-0.2, -0.15) is 0 Å². The van der Waals surface area contributed by atoms with Crippen LogP contribution in [-0.2, 0) is 6.67 Å². The second kappa shape index (κ2) is 6.28. The third-order valence-corrected chi connectivity index (χ3v) is 5.51. The summed E-state index contributed by atoms with van der Waals surface area (Å²) >= 11 is 7.11. The van der Waals surface area contributed by atoms with E-state index in [4.69, 9.17) is 5.41 Å². The number of nitrogens with zero attached hydrogens (tertiary/aromatic N) is 2. The van der Waals surface area contributed by atoms with E-state index >= 15 is 0 Å². The van der Waals surface area contributed by atoms with Crippen LogP contribution in [0.3, 0.4) is 0 Å². The fraction of sp³-hybridized carbons (Fsp3) is 0.0526. The zero-order valence-corrected chi connectivity index (χ0v) is 16.2. The molecule has 4 nitrogen and oxygen atoms in total. The minimum Gasteiger partial charge on any atom is -0.313 e. The fourth-order valence-electron chi connectivity index (χ4n) is 3.00. The lowest BCUT2D eigenvalue weighted by Gasteiger charge is -2.14. The van der Waals surface area contributed by atoms with Crippen LogP contribution in [0.15, 0.2) is 74.7 Å². The number of halogens is 2. The van der Waals surface area contributed by atoms with Crippen molar-refractivity contribution < 1.29 is 0 Å². The van der Waals surface area contributed by atoms with E-state index in [1.807, 2.05) is 54.7 Å². The number of hydrogen-bond acceptors (Lipinski definition) is 2. The second-order valence-corrected chi connectivity index (χ2v) is 7.49. The number of hydrogen-bond donors (Lipinski definition) is 1. The van der Waals surface area contributed by atoms with Crippen LogP contribution in [0, 0.1) is 5.41 Å². The standard InChI is InChI=1S/C19H13Br2N3O/c20-16-9-23(18(22)14-7-3-1-5-12(14)16)11-24-10-17(21)13-6-2-4-8-15(13)19(24)25/h1-10,22H,11H2. The molecule has 25 heavy (non-hydrogen) atoms. The number of pyridine rings is 2. The first kappa shape index (κ1) is 16.3. The van der Waals surface area contributed by atoms with Gasteiger partial charge >= 0.3 is 0 Å². The summed E-state index contributed by atoms with van der Waals surface area (Å²) in [4.78, 5) is 12.8. The SMILES string of the molecule is N=c1c2ccccc2c(Br)cn1Cn1cc(Br)c2ccccc2c1=O. The molecule has 0 amide bonds. The van der Waals surface area contributed by atoms with Crippen molar-refractivity contribution >= 4 is 53.4 Å². The molecule has 0 atom stereocenters. The van der Waals surface area contributed by atoms with Gasteiger partial charge < -0.3 is 4.57 Å². The number of rotatable bonds is 2. The minimum absolute atomic E-state index is 0.0741. The molecule has 0 radical (unpaired) electrons. The number of benzene rings is 2. The Hall–Kier alpha value is -2.18. The predicted octanol–water partition coefficient (Wildman–Crippen LogP) is 4.47. The molecule has 0 saturated carbocycles. The maximum atomic E-state index is 12.8. The Balaban J connectivity index is 1.92. The highest BCUT2D eigenvalue weighted by atomic mass is 79.9. The molecule has 4 aromatic rings. The van der Waals surface area contributed by atoms with Crippen molar-refractivity contribution in [1.82, 2.24) is 9.13 Å². The van der Waals surface area contributed by atoms with Crippen molar-refractivity contribution in [3.63, 3.8) is 0 Å². The van der Waals surface area contributed by atoms with Crippen LogP contribution in [-0.4, -0.2) is 9.13 Å². The second-order valence-electron chi connectivity index (χ2n) is 5.78. The van der Waals surface area contributed by atoms with Gasteiger partial charge in [-0.1, -0.05) is 42.5 Å². The molecule has 2 heterocycles. The Kier molecular flexibility index (Phi) is 4.09. The lowest BCUT2D eigenvalue weighted by atomic mass is 10.2. The highest BCUT2D eigenvalue weighted by molar-refractivity contribution is 9.11. The summed E-state index contributed by atoms with van der Waals surface area (Å²) in [6.07, 6.45) is 3.63. The van der Waals surface area contributed by atoms with Gasteiger partial charge in [-0.3, -0.25) is 14.8 Å². The fourth-order valence-corrected chi connectivity index (χ4v) is 4.19. The molecule has 4 rings (SSSR count). The number of aromatic nitrogens is 2. The van der Waals surface area contributed by atoms with Gasteiger partial charge in [0, 0.05) is 42.9 Å². The van der Waals surface area contributed by atoms with Crippen LogP contribution in [0.2, 0.25) is 0 Å². The summed E-state index contributed by atoms with van der Waals surface area (Å²) in [6.45, 7) is 0.268. The first-order valence-corrected chi connectivity index (χ1v) is 9.25. The first-order chi connectivity index (χ1) is 12.1. The highest BCUT2D eigenvalue weighted by Crippen LogP contribution is 2.22. The number of fused-ring (bicyclic) bond motifs is 2. The molecule has 0 unspecified atom stereocenters. The molecule has 0 aliphatic heterocycles. The molecule has 6 heteroatoms. The molecule has 2 aromatic heterocycles. The predicted molar refractivity (Wildman–Crippen MR) is 107 cm³/mol. The van der Waals surface area contributed by atoms with Gasteiger partial charge in [0.1, 0.15) is 12.2 Å². The largest absolute Gasteiger partial charge is 0.313 e. The maximum absolute atomic E-state index is 12.8. The van der Waals surface area contributed by atoms with E-state index in [1.54, 1.807) is 15.3 Å². The van der Waals surface area contributed by atoms with Gasteiger partial charge in [0.15, 0.2) is 0 Å². The van der Waals surface area contributed by atoms with E-state index < -0.39 is 0 Å². The number of nitrogens with one attached hydrogen (secondary N) is 1. The van der Waals surface area contributed by atoms with E-state index in [0.717, 1.165) is 25.1 Å². The van der Waals surface area contributed by atoms with Crippen LogP contribution < -0.4 is 11.0 Å². The van der Waals surface area contributed by atoms with Gasteiger partial charge in [-0.05, 0) is 37.9 Å². The van der Waals surface area contributed by atoms with Crippen molar-refractivity contribution in [2.24, 2.45) is 0 Å². The summed E-state index contributed by atoms with van der Waals surface area (Å²) in [7, 11) is 0. The Morgan fingerprint density at radius 2 is 1.24 bits per heavy atom. The minimum atomic E-state index is -0.0741. The third-order valence-electron chi connectivity index (χ3n) is 4.25. The summed E-state index contributed by atoms with van der Waals surface area (Å²) in [6, 6.07) is 15.3. The average molecular weight is 459 g/mol. The molecule has 0 aliphatic carbocycles. The van der Waals surface area contributed by atoms with E-state index in [2.05, 4.69) is 31.9 Å². The van der Waals surface area contributed by atoms with Gasteiger partial charge in [0.05, 0.1) is 0 Å². The van der Waals surface area contributed by atoms with Crippen LogP contribution in [0.5, 0.6) is 0 Å². The van der Waals surface area contributed by atoms with E-state index in [0.29, 0.717) is 10.9 Å². The van der Waals surface area contributed by atoms with Gasteiger partial charge in [0.25, 0.3) is 5.56 Å². The summed E-state index contributed by atoms with van der Waals surface area (Å²) in [5.41, 5.74) is 0.296. The van der Waals surface area contributed by atoms with Crippen molar-refractivity contribution in [2.75, 3.05) is 0 Å². The zero-order valence-electron chi connectivity index (χ0n) is 13.0. The van der Waals surface area contributed by atoms with Crippen molar-refractivity contribution in [2.45, 2.75) is 6.67 Å². The average Bonchev–Trinajstić information content (AvgIpc) is 2.64.